The average molecular weight is 296 g/mol. The highest BCUT2D eigenvalue weighted by Gasteiger charge is 2.18. The van der Waals surface area contributed by atoms with Crippen LogP contribution in [0.4, 0.5) is 0 Å². The quantitative estimate of drug-likeness (QED) is 0.731. The van der Waals surface area contributed by atoms with Crippen molar-refractivity contribution < 1.29 is 0 Å². The molecule has 0 saturated heterocycles. The van der Waals surface area contributed by atoms with Gasteiger partial charge in [0.25, 0.3) is 0 Å². The lowest BCUT2D eigenvalue weighted by molar-refractivity contribution is 0.573. The normalized spacial score (nSPS) is 11.8. The van der Waals surface area contributed by atoms with Gasteiger partial charge in [0.1, 0.15) is 5.01 Å². The molecule has 0 unspecified atom stereocenters. The molecule has 0 aliphatic carbocycles. The van der Waals surface area contributed by atoms with E-state index in [-0.39, 0.29) is 5.41 Å². The van der Waals surface area contributed by atoms with Crippen LogP contribution in [0.2, 0.25) is 0 Å². The van der Waals surface area contributed by atoms with Crippen LogP contribution in [-0.4, -0.2) is 4.98 Å². The van der Waals surface area contributed by atoms with Crippen LogP contribution in [-0.2, 0) is 5.41 Å². The van der Waals surface area contributed by atoms with E-state index < -0.39 is 0 Å². The number of rotatable bonds is 1. The molecular formula is C13H14BrNS. The number of halogens is 1. The molecule has 0 fully saturated rings. The van der Waals surface area contributed by atoms with Crippen molar-refractivity contribution in [2.75, 3.05) is 0 Å². The standard InChI is InChI=1S/C13H14BrNS/c1-13(2,3)11-8-16-12(15-11)9-6-4-5-7-10(9)14/h4-8H,1-3H3. The van der Waals surface area contributed by atoms with Crippen molar-refractivity contribution in [1.82, 2.24) is 4.98 Å². The van der Waals surface area contributed by atoms with Crippen molar-refractivity contribution in [3.8, 4) is 10.6 Å². The molecule has 1 aromatic heterocycles. The minimum atomic E-state index is 0.121. The molecule has 0 aliphatic rings. The first-order valence-electron chi connectivity index (χ1n) is 5.19. The van der Waals surface area contributed by atoms with Crippen LogP contribution in [0, 0.1) is 0 Å². The van der Waals surface area contributed by atoms with Crippen LogP contribution in [0.3, 0.4) is 0 Å². The van der Waals surface area contributed by atoms with Crippen molar-refractivity contribution in [2.24, 2.45) is 0 Å². The summed E-state index contributed by atoms with van der Waals surface area (Å²) in [7, 11) is 0. The second kappa shape index (κ2) is 4.30. The highest BCUT2D eigenvalue weighted by molar-refractivity contribution is 9.10. The van der Waals surface area contributed by atoms with Gasteiger partial charge in [-0.25, -0.2) is 4.98 Å². The van der Waals surface area contributed by atoms with Gasteiger partial charge in [-0.05, 0) is 6.07 Å². The summed E-state index contributed by atoms with van der Waals surface area (Å²) in [6, 6.07) is 8.20. The zero-order valence-corrected chi connectivity index (χ0v) is 12.0. The maximum atomic E-state index is 4.70. The average Bonchev–Trinajstić information content (AvgIpc) is 2.66. The number of nitrogens with zero attached hydrogens (tertiary/aromatic N) is 1. The molecule has 1 nitrogen and oxygen atoms in total. The van der Waals surface area contributed by atoms with Crippen LogP contribution in [0.1, 0.15) is 26.5 Å². The molecule has 2 aromatic rings. The lowest BCUT2D eigenvalue weighted by Crippen LogP contribution is -2.11. The van der Waals surface area contributed by atoms with Crippen molar-refractivity contribution >= 4 is 27.3 Å². The van der Waals surface area contributed by atoms with E-state index in [9.17, 15) is 0 Å². The predicted molar refractivity (Wildman–Crippen MR) is 74.0 cm³/mol. The summed E-state index contributed by atoms with van der Waals surface area (Å²) in [5, 5.41) is 3.23. The largest absolute Gasteiger partial charge is 0.241 e. The third-order valence-corrected chi connectivity index (χ3v) is 3.94. The molecule has 2 rings (SSSR count). The summed E-state index contributed by atoms with van der Waals surface area (Å²) in [4.78, 5) is 4.70. The topological polar surface area (TPSA) is 12.9 Å². The van der Waals surface area contributed by atoms with Crippen LogP contribution >= 0.6 is 27.3 Å². The monoisotopic (exact) mass is 295 g/mol. The van der Waals surface area contributed by atoms with Crippen molar-refractivity contribution in [3.05, 3.63) is 39.8 Å². The molecule has 0 spiro atoms. The molecule has 0 atom stereocenters. The van der Waals surface area contributed by atoms with Gasteiger partial charge in [-0.2, -0.15) is 0 Å². The Labute approximate surface area is 109 Å². The fourth-order valence-electron chi connectivity index (χ4n) is 1.38. The summed E-state index contributed by atoms with van der Waals surface area (Å²) in [6.07, 6.45) is 0. The molecule has 1 heterocycles. The van der Waals surface area contributed by atoms with Crippen molar-refractivity contribution in [3.63, 3.8) is 0 Å². The zero-order chi connectivity index (χ0) is 11.8. The zero-order valence-electron chi connectivity index (χ0n) is 9.62. The number of hydrogen-bond acceptors (Lipinski definition) is 2. The molecule has 0 bridgehead atoms. The summed E-state index contributed by atoms with van der Waals surface area (Å²) in [5.41, 5.74) is 2.45. The Morgan fingerprint density at radius 3 is 2.44 bits per heavy atom. The Hall–Kier alpha value is -0.670. The molecule has 0 radical (unpaired) electrons. The van der Waals surface area contributed by atoms with Crippen LogP contribution in [0.25, 0.3) is 10.6 Å². The number of aromatic nitrogens is 1. The molecule has 0 amide bonds. The molecule has 0 saturated carbocycles. The van der Waals surface area contributed by atoms with Crippen molar-refractivity contribution in [2.45, 2.75) is 26.2 Å². The summed E-state index contributed by atoms with van der Waals surface area (Å²) < 4.78 is 1.10. The van der Waals surface area contributed by atoms with E-state index in [4.69, 9.17) is 4.98 Å². The Balaban J connectivity index is 2.44. The van der Waals surface area contributed by atoms with Gasteiger partial charge in [-0.1, -0.05) is 54.9 Å². The van der Waals surface area contributed by atoms with E-state index >= 15 is 0 Å². The second-order valence-electron chi connectivity index (χ2n) is 4.77. The lowest BCUT2D eigenvalue weighted by Gasteiger charge is -2.14. The van der Waals surface area contributed by atoms with Crippen molar-refractivity contribution in [1.29, 1.82) is 0 Å². The molecule has 16 heavy (non-hydrogen) atoms. The Morgan fingerprint density at radius 2 is 1.88 bits per heavy atom. The van der Waals surface area contributed by atoms with Crippen LogP contribution in [0.5, 0.6) is 0 Å². The summed E-state index contributed by atoms with van der Waals surface area (Å²) >= 11 is 5.26. The highest BCUT2D eigenvalue weighted by atomic mass is 79.9. The van der Waals surface area contributed by atoms with Gasteiger partial charge in [0.05, 0.1) is 5.69 Å². The Morgan fingerprint density at radius 1 is 1.19 bits per heavy atom. The number of thiazole rings is 1. The Bertz CT molecular complexity index is 497. The molecule has 0 aliphatic heterocycles. The fourth-order valence-corrected chi connectivity index (χ4v) is 3.07. The van der Waals surface area contributed by atoms with E-state index in [1.165, 1.54) is 5.56 Å². The van der Waals surface area contributed by atoms with E-state index in [1.54, 1.807) is 11.3 Å². The Kier molecular flexibility index (Phi) is 3.17. The van der Waals surface area contributed by atoms with Gasteiger partial charge in [-0.15, -0.1) is 11.3 Å². The highest BCUT2D eigenvalue weighted by Crippen LogP contribution is 2.33. The first-order chi connectivity index (χ1) is 7.48. The molecule has 3 heteroatoms. The van der Waals surface area contributed by atoms with E-state index in [0.29, 0.717) is 0 Å². The fraction of sp³-hybridized carbons (Fsp3) is 0.308. The number of hydrogen-bond donors (Lipinski definition) is 0. The molecule has 0 N–H and O–H groups in total. The lowest BCUT2D eigenvalue weighted by atomic mass is 9.93. The molecule has 1 aromatic carbocycles. The SMILES string of the molecule is CC(C)(C)c1csc(-c2ccccc2Br)n1. The third-order valence-electron chi connectivity index (χ3n) is 2.38. The van der Waals surface area contributed by atoms with Gasteiger partial charge >= 0.3 is 0 Å². The maximum absolute atomic E-state index is 4.70. The molecular weight excluding hydrogens is 282 g/mol. The first kappa shape index (κ1) is 11.8. The smallest absolute Gasteiger partial charge is 0.124 e. The van der Waals surface area contributed by atoms with Gasteiger partial charge in [0.15, 0.2) is 0 Å². The van der Waals surface area contributed by atoms with Gasteiger partial charge < -0.3 is 0 Å². The van der Waals surface area contributed by atoms with Gasteiger partial charge in [0.2, 0.25) is 0 Å². The molecule has 84 valence electrons. The van der Waals surface area contributed by atoms with E-state index in [2.05, 4.69) is 48.1 Å². The van der Waals surface area contributed by atoms with Crippen LogP contribution < -0.4 is 0 Å². The van der Waals surface area contributed by atoms with Crippen LogP contribution in [0.15, 0.2) is 34.1 Å². The first-order valence-corrected chi connectivity index (χ1v) is 6.86. The second-order valence-corrected chi connectivity index (χ2v) is 6.48. The number of benzene rings is 1. The predicted octanol–water partition coefficient (Wildman–Crippen LogP) is 4.87. The van der Waals surface area contributed by atoms with Gasteiger partial charge in [0, 0.05) is 20.8 Å². The summed E-state index contributed by atoms with van der Waals surface area (Å²) in [6.45, 7) is 6.56. The van der Waals surface area contributed by atoms with E-state index in [0.717, 1.165) is 15.2 Å². The minimum absolute atomic E-state index is 0.121. The minimum Gasteiger partial charge on any atom is -0.241 e. The maximum Gasteiger partial charge on any atom is 0.124 e. The van der Waals surface area contributed by atoms with E-state index in [1.807, 2.05) is 18.2 Å². The summed E-state index contributed by atoms with van der Waals surface area (Å²) in [5.74, 6) is 0. The third kappa shape index (κ3) is 2.36. The van der Waals surface area contributed by atoms with Gasteiger partial charge in [-0.3, -0.25) is 0 Å².